The van der Waals surface area contributed by atoms with E-state index in [0.29, 0.717) is 28.5 Å². The zero-order valence-electron chi connectivity index (χ0n) is 13.2. The van der Waals surface area contributed by atoms with Gasteiger partial charge in [0.1, 0.15) is 5.75 Å². The molecule has 1 aliphatic rings. The lowest BCUT2D eigenvalue weighted by atomic mass is 10.2. The van der Waals surface area contributed by atoms with E-state index in [2.05, 4.69) is 15.5 Å². The van der Waals surface area contributed by atoms with Gasteiger partial charge in [-0.25, -0.2) is 0 Å². The van der Waals surface area contributed by atoms with E-state index in [9.17, 15) is 4.79 Å². The normalized spacial score (nSPS) is 12.0. The summed E-state index contributed by atoms with van der Waals surface area (Å²) in [5, 5.41) is 10.4. The van der Waals surface area contributed by atoms with Crippen LogP contribution in [0.4, 0.5) is 5.69 Å². The Hall–Kier alpha value is -3.55. The van der Waals surface area contributed by atoms with Crippen molar-refractivity contribution in [1.82, 2.24) is 10.2 Å². The number of carbonyl (C=O) groups excluding carboxylic acids is 1. The fraction of sp³-hybridized carbons (Fsp3) is 0.118. The van der Waals surface area contributed by atoms with Gasteiger partial charge < -0.3 is 23.9 Å². The van der Waals surface area contributed by atoms with Gasteiger partial charge in [0, 0.05) is 17.3 Å². The summed E-state index contributed by atoms with van der Waals surface area (Å²) in [6.45, 7) is 0.167. The Kier molecular flexibility index (Phi) is 3.70. The molecule has 8 heteroatoms. The molecule has 0 radical (unpaired) electrons. The number of hydrogen-bond acceptors (Lipinski definition) is 7. The topological polar surface area (TPSA) is 95.7 Å². The molecule has 1 aromatic heterocycles. The van der Waals surface area contributed by atoms with E-state index < -0.39 is 5.91 Å². The van der Waals surface area contributed by atoms with Crippen LogP contribution in [0.25, 0.3) is 11.5 Å². The fourth-order valence-corrected chi connectivity index (χ4v) is 2.35. The summed E-state index contributed by atoms with van der Waals surface area (Å²) in [5.41, 5.74) is 1.20. The van der Waals surface area contributed by atoms with E-state index >= 15 is 0 Å². The van der Waals surface area contributed by atoms with Gasteiger partial charge >= 0.3 is 11.8 Å². The highest BCUT2D eigenvalue weighted by Crippen LogP contribution is 2.34. The highest BCUT2D eigenvalue weighted by molar-refractivity contribution is 6.01. The van der Waals surface area contributed by atoms with Crippen LogP contribution in [0.5, 0.6) is 17.2 Å². The summed E-state index contributed by atoms with van der Waals surface area (Å²) in [6.07, 6.45) is 0. The molecule has 4 rings (SSSR count). The molecule has 0 saturated carbocycles. The summed E-state index contributed by atoms with van der Waals surface area (Å²) >= 11 is 0. The molecule has 0 saturated heterocycles. The zero-order valence-corrected chi connectivity index (χ0v) is 13.2. The molecule has 0 aliphatic carbocycles. The van der Waals surface area contributed by atoms with Crippen molar-refractivity contribution in [3.8, 4) is 28.7 Å². The third-order valence-electron chi connectivity index (χ3n) is 3.57. The molecule has 2 heterocycles. The Morgan fingerprint density at radius 3 is 2.88 bits per heavy atom. The van der Waals surface area contributed by atoms with E-state index in [1.807, 2.05) is 0 Å². The van der Waals surface area contributed by atoms with Crippen LogP contribution in [-0.2, 0) is 0 Å². The number of benzene rings is 2. The standard InChI is InChI=1S/C17H13N3O5/c1-22-12-4-2-3-10(7-12)16-19-20-17(25-16)15(21)18-11-5-6-13-14(8-11)24-9-23-13/h2-8H,9H2,1H3,(H,18,21). The predicted molar refractivity (Wildman–Crippen MR) is 86.8 cm³/mol. The van der Waals surface area contributed by atoms with Gasteiger partial charge in [0.2, 0.25) is 12.7 Å². The van der Waals surface area contributed by atoms with Gasteiger partial charge in [-0.1, -0.05) is 6.07 Å². The summed E-state index contributed by atoms with van der Waals surface area (Å²) in [7, 11) is 1.57. The van der Waals surface area contributed by atoms with E-state index in [-0.39, 0.29) is 18.6 Å². The highest BCUT2D eigenvalue weighted by Gasteiger charge is 2.18. The maximum atomic E-state index is 12.3. The van der Waals surface area contributed by atoms with Gasteiger partial charge in [0.25, 0.3) is 0 Å². The Balaban J connectivity index is 1.52. The number of nitrogens with zero attached hydrogens (tertiary/aromatic N) is 2. The second kappa shape index (κ2) is 6.16. The average molecular weight is 339 g/mol. The fourth-order valence-electron chi connectivity index (χ4n) is 2.35. The van der Waals surface area contributed by atoms with E-state index in [1.165, 1.54) is 0 Å². The van der Waals surface area contributed by atoms with Gasteiger partial charge in [-0.2, -0.15) is 0 Å². The molecule has 0 spiro atoms. The molecule has 2 aromatic carbocycles. The monoisotopic (exact) mass is 339 g/mol. The SMILES string of the molecule is COc1cccc(-c2nnc(C(=O)Nc3ccc4c(c3)OCO4)o2)c1. The minimum absolute atomic E-state index is 0.143. The minimum Gasteiger partial charge on any atom is -0.497 e. The zero-order chi connectivity index (χ0) is 17.2. The number of amides is 1. The minimum atomic E-state index is -0.513. The molecular formula is C17H13N3O5. The van der Waals surface area contributed by atoms with Crippen molar-refractivity contribution in [2.24, 2.45) is 0 Å². The molecule has 1 amide bonds. The van der Waals surface area contributed by atoms with Gasteiger partial charge in [-0.3, -0.25) is 4.79 Å². The van der Waals surface area contributed by atoms with Crippen molar-refractivity contribution < 1.29 is 23.4 Å². The molecular weight excluding hydrogens is 326 g/mol. The van der Waals surface area contributed by atoms with Crippen molar-refractivity contribution in [3.63, 3.8) is 0 Å². The molecule has 0 bridgehead atoms. The summed E-state index contributed by atoms with van der Waals surface area (Å²) in [6, 6.07) is 12.2. The smallest absolute Gasteiger partial charge is 0.313 e. The van der Waals surface area contributed by atoms with E-state index in [4.69, 9.17) is 18.6 Å². The molecule has 25 heavy (non-hydrogen) atoms. The third-order valence-corrected chi connectivity index (χ3v) is 3.57. The van der Waals surface area contributed by atoms with Crippen molar-refractivity contribution in [3.05, 3.63) is 48.4 Å². The van der Waals surface area contributed by atoms with Gasteiger partial charge in [-0.05, 0) is 30.3 Å². The average Bonchev–Trinajstić information content (AvgIpc) is 3.31. The summed E-state index contributed by atoms with van der Waals surface area (Å²) in [4.78, 5) is 12.3. The number of hydrogen-bond donors (Lipinski definition) is 1. The quantitative estimate of drug-likeness (QED) is 0.780. The Labute approximate surface area is 142 Å². The molecule has 1 aliphatic heterocycles. The maximum absolute atomic E-state index is 12.3. The molecule has 126 valence electrons. The largest absolute Gasteiger partial charge is 0.497 e. The van der Waals surface area contributed by atoms with Crippen LogP contribution in [0.15, 0.2) is 46.9 Å². The second-order valence-electron chi connectivity index (χ2n) is 5.17. The van der Waals surface area contributed by atoms with Crippen molar-refractivity contribution in [1.29, 1.82) is 0 Å². The first-order valence-corrected chi connectivity index (χ1v) is 7.42. The number of anilines is 1. The lowest BCUT2D eigenvalue weighted by molar-refractivity contribution is 0.0991. The van der Waals surface area contributed by atoms with Crippen molar-refractivity contribution >= 4 is 11.6 Å². The third kappa shape index (κ3) is 2.97. The number of rotatable bonds is 4. The Morgan fingerprint density at radius 1 is 1.12 bits per heavy atom. The van der Waals surface area contributed by atoms with E-state index in [1.54, 1.807) is 49.6 Å². The van der Waals surface area contributed by atoms with Crippen LogP contribution in [0, 0.1) is 0 Å². The van der Waals surface area contributed by atoms with Crippen molar-refractivity contribution in [2.75, 3.05) is 19.2 Å². The van der Waals surface area contributed by atoms with Crippen LogP contribution in [-0.4, -0.2) is 30.0 Å². The predicted octanol–water partition coefficient (Wildman–Crippen LogP) is 2.73. The first kappa shape index (κ1) is 15.0. The van der Waals surface area contributed by atoms with Crippen LogP contribution >= 0.6 is 0 Å². The summed E-state index contributed by atoms with van der Waals surface area (Å²) in [5.74, 6) is 1.43. The highest BCUT2D eigenvalue weighted by atomic mass is 16.7. The van der Waals surface area contributed by atoms with Crippen LogP contribution in [0.3, 0.4) is 0 Å². The van der Waals surface area contributed by atoms with Gasteiger partial charge in [-0.15, -0.1) is 10.2 Å². The van der Waals surface area contributed by atoms with Crippen molar-refractivity contribution in [2.45, 2.75) is 0 Å². The van der Waals surface area contributed by atoms with E-state index in [0.717, 1.165) is 0 Å². The molecule has 0 unspecified atom stereocenters. The number of methoxy groups -OCH3 is 1. The molecule has 8 nitrogen and oxygen atoms in total. The second-order valence-corrected chi connectivity index (χ2v) is 5.17. The molecule has 3 aromatic rings. The number of aromatic nitrogens is 2. The van der Waals surface area contributed by atoms with Crippen LogP contribution in [0.1, 0.15) is 10.7 Å². The first-order chi connectivity index (χ1) is 12.2. The first-order valence-electron chi connectivity index (χ1n) is 7.42. The Bertz CT molecular complexity index is 938. The maximum Gasteiger partial charge on any atom is 0.313 e. The molecule has 0 atom stereocenters. The van der Waals surface area contributed by atoms with Crippen LogP contribution < -0.4 is 19.5 Å². The lowest BCUT2D eigenvalue weighted by Gasteiger charge is -2.03. The van der Waals surface area contributed by atoms with Gasteiger partial charge in [0.15, 0.2) is 11.5 Å². The molecule has 1 N–H and O–H groups in total. The Morgan fingerprint density at radius 2 is 2.00 bits per heavy atom. The number of nitrogens with one attached hydrogen (secondary N) is 1. The number of fused-ring (bicyclic) bond motifs is 1. The summed E-state index contributed by atoms with van der Waals surface area (Å²) < 4.78 is 21.1. The number of ether oxygens (including phenoxy) is 3. The lowest BCUT2D eigenvalue weighted by Crippen LogP contribution is -2.12. The molecule has 0 fully saturated rings. The van der Waals surface area contributed by atoms with Crippen LogP contribution in [0.2, 0.25) is 0 Å². The van der Waals surface area contributed by atoms with Gasteiger partial charge in [0.05, 0.1) is 7.11 Å². The number of carbonyl (C=O) groups is 1.